The summed E-state index contributed by atoms with van der Waals surface area (Å²) in [4.78, 5) is 1.61. The number of hydrogen-bond donors (Lipinski definition) is 2. The minimum Gasteiger partial charge on any atom is -0.388 e. The van der Waals surface area contributed by atoms with Crippen molar-refractivity contribution in [3.8, 4) is 0 Å². The Kier molecular flexibility index (Phi) is 5.08. The van der Waals surface area contributed by atoms with Crippen LogP contribution in [-0.4, -0.2) is 48.7 Å². The summed E-state index contributed by atoms with van der Waals surface area (Å²) in [6.45, 7) is 0.668. The molecular weight excluding hydrogens is 214 g/mol. The van der Waals surface area contributed by atoms with Crippen molar-refractivity contribution in [3.05, 3.63) is 0 Å². The zero-order chi connectivity index (χ0) is 12.2. The second kappa shape index (κ2) is 5.89. The summed E-state index contributed by atoms with van der Waals surface area (Å²) in [5, 5.41) is 10.2. The maximum absolute atomic E-state index is 12.1. The lowest BCUT2D eigenvalue weighted by Crippen LogP contribution is -2.42. The van der Waals surface area contributed by atoms with Gasteiger partial charge in [-0.1, -0.05) is 6.42 Å². The van der Waals surface area contributed by atoms with Crippen LogP contribution in [0.25, 0.3) is 0 Å². The Morgan fingerprint density at radius 2 is 2.25 bits per heavy atom. The van der Waals surface area contributed by atoms with Gasteiger partial charge in [0, 0.05) is 6.54 Å². The predicted octanol–water partition coefficient (Wildman–Crippen LogP) is 1.06. The van der Waals surface area contributed by atoms with Crippen LogP contribution < -0.4 is 5.73 Å². The summed E-state index contributed by atoms with van der Waals surface area (Å²) in [7, 11) is 1.68. The third-order valence-corrected chi connectivity index (χ3v) is 3.58. The fourth-order valence-corrected chi connectivity index (χ4v) is 2.51. The Bertz CT molecular complexity index is 216. The van der Waals surface area contributed by atoms with E-state index >= 15 is 0 Å². The first-order chi connectivity index (χ1) is 7.48. The van der Waals surface area contributed by atoms with E-state index in [9.17, 15) is 13.9 Å². The molecule has 0 saturated heterocycles. The molecule has 16 heavy (non-hydrogen) atoms. The Morgan fingerprint density at radius 3 is 2.81 bits per heavy atom. The van der Waals surface area contributed by atoms with Gasteiger partial charge >= 0.3 is 0 Å². The van der Waals surface area contributed by atoms with Gasteiger partial charge in [-0.2, -0.15) is 0 Å². The molecule has 1 aliphatic carbocycles. The van der Waals surface area contributed by atoms with E-state index in [1.165, 1.54) is 0 Å². The lowest BCUT2D eigenvalue weighted by Gasteiger charge is -2.30. The second-order valence-electron chi connectivity index (χ2n) is 4.84. The molecule has 3 N–H and O–H groups in total. The molecule has 0 spiro atoms. The van der Waals surface area contributed by atoms with Gasteiger partial charge in [0.1, 0.15) is 0 Å². The zero-order valence-corrected chi connectivity index (χ0v) is 9.83. The van der Waals surface area contributed by atoms with Crippen molar-refractivity contribution in [2.75, 3.05) is 26.7 Å². The molecule has 3 nitrogen and oxygen atoms in total. The summed E-state index contributed by atoms with van der Waals surface area (Å²) < 4.78 is 24.2. The largest absolute Gasteiger partial charge is 0.388 e. The molecule has 0 aliphatic heterocycles. The topological polar surface area (TPSA) is 49.5 Å². The molecule has 0 aromatic rings. The summed E-state index contributed by atoms with van der Waals surface area (Å²) >= 11 is 0. The van der Waals surface area contributed by atoms with E-state index in [0.717, 1.165) is 25.7 Å². The van der Waals surface area contributed by atoms with Gasteiger partial charge in [-0.25, -0.2) is 8.78 Å². The van der Waals surface area contributed by atoms with Crippen LogP contribution in [0.4, 0.5) is 8.78 Å². The molecule has 1 rings (SSSR count). The monoisotopic (exact) mass is 236 g/mol. The van der Waals surface area contributed by atoms with Gasteiger partial charge in [0.25, 0.3) is 6.43 Å². The van der Waals surface area contributed by atoms with Crippen molar-refractivity contribution >= 4 is 0 Å². The molecule has 1 fully saturated rings. The molecule has 2 atom stereocenters. The zero-order valence-electron chi connectivity index (χ0n) is 9.83. The highest BCUT2D eigenvalue weighted by atomic mass is 19.3. The van der Waals surface area contributed by atoms with E-state index in [-0.39, 0.29) is 19.0 Å². The van der Waals surface area contributed by atoms with Crippen LogP contribution in [0.3, 0.4) is 0 Å². The fraction of sp³-hybridized carbons (Fsp3) is 1.00. The molecule has 0 amide bonds. The number of aliphatic hydroxyl groups is 1. The number of hydrogen-bond acceptors (Lipinski definition) is 3. The van der Waals surface area contributed by atoms with Gasteiger partial charge in [-0.05, 0) is 38.8 Å². The van der Waals surface area contributed by atoms with Crippen molar-refractivity contribution in [3.63, 3.8) is 0 Å². The molecule has 0 heterocycles. The lowest BCUT2D eigenvalue weighted by atomic mass is 9.88. The minimum atomic E-state index is -2.29. The number of rotatable bonds is 6. The van der Waals surface area contributed by atoms with E-state index < -0.39 is 12.0 Å². The molecule has 0 aromatic carbocycles. The lowest BCUT2D eigenvalue weighted by molar-refractivity contribution is 0.00349. The first-order valence-corrected chi connectivity index (χ1v) is 5.87. The first-order valence-electron chi connectivity index (χ1n) is 5.87. The second-order valence-corrected chi connectivity index (χ2v) is 4.84. The van der Waals surface area contributed by atoms with Crippen LogP contribution in [0.5, 0.6) is 0 Å². The molecular formula is C11H22F2N2O. The highest BCUT2D eigenvalue weighted by molar-refractivity contribution is 4.93. The summed E-state index contributed by atoms with van der Waals surface area (Å²) in [5.74, 6) is 0.164. The average molecular weight is 236 g/mol. The number of alkyl halides is 2. The summed E-state index contributed by atoms with van der Waals surface area (Å²) in [6.07, 6.45) is 1.14. The molecule has 1 aliphatic rings. The van der Waals surface area contributed by atoms with Crippen molar-refractivity contribution in [1.82, 2.24) is 4.90 Å². The molecule has 96 valence electrons. The van der Waals surface area contributed by atoms with Crippen LogP contribution in [0.2, 0.25) is 0 Å². The van der Waals surface area contributed by atoms with E-state index in [1.807, 2.05) is 0 Å². The van der Waals surface area contributed by atoms with Gasteiger partial charge in [0.05, 0.1) is 12.1 Å². The number of nitrogens with two attached hydrogens (primary N) is 1. The third kappa shape index (κ3) is 3.64. The Balaban J connectivity index is 2.32. The molecule has 0 radical (unpaired) electrons. The maximum Gasteiger partial charge on any atom is 0.251 e. The van der Waals surface area contributed by atoms with E-state index in [0.29, 0.717) is 6.54 Å². The standard InChI is InChI=1S/C11H22F2N2O/c1-15(7-10(12)13)6-4-9-3-2-5-11(9,16)8-14/h9-10,16H,2-8,14H2,1H3. The number of nitrogens with zero attached hydrogens (tertiary/aromatic N) is 1. The van der Waals surface area contributed by atoms with Crippen molar-refractivity contribution in [1.29, 1.82) is 0 Å². The normalized spacial score (nSPS) is 30.6. The van der Waals surface area contributed by atoms with E-state index in [2.05, 4.69) is 0 Å². The van der Waals surface area contributed by atoms with Crippen LogP contribution in [0.1, 0.15) is 25.7 Å². The SMILES string of the molecule is CN(CCC1CCCC1(O)CN)CC(F)F. The van der Waals surface area contributed by atoms with Crippen molar-refractivity contribution < 1.29 is 13.9 Å². The number of halogens is 2. The highest BCUT2D eigenvalue weighted by Crippen LogP contribution is 2.37. The summed E-state index contributed by atoms with van der Waals surface area (Å²) in [6, 6.07) is 0. The fourth-order valence-electron chi connectivity index (χ4n) is 2.51. The van der Waals surface area contributed by atoms with E-state index in [4.69, 9.17) is 5.73 Å². The van der Waals surface area contributed by atoms with Crippen LogP contribution in [-0.2, 0) is 0 Å². The van der Waals surface area contributed by atoms with E-state index in [1.54, 1.807) is 11.9 Å². The van der Waals surface area contributed by atoms with Gasteiger partial charge in [0.2, 0.25) is 0 Å². The van der Waals surface area contributed by atoms with Crippen molar-refractivity contribution in [2.24, 2.45) is 11.7 Å². The van der Waals surface area contributed by atoms with Gasteiger partial charge in [-0.3, -0.25) is 0 Å². The maximum atomic E-state index is 12.1. The Labute approximate surface area is 95.6 Å². The summed E-state index contributed by atoms with van der Waals surface area (Å²) in [5.41, 5.74) is 4.80. The smallest absolute Gasteiger partial charge is 0.251 e. The van der Waals surface area contributed by atoms with Gasteiger partial charge in [-0.15, -0.1) is 0 Å². The molecule has 0 aromatic heterocycles. The van der Waals surface area contributed by atoms with Gasteiger partial charge in [0.15, 0.2) is 0 Å². The molecule has 5 heteroatoms. The van der Waals surface area contributed by atoms with Crippen molar-refractivity contribution in [2.45, 2.75) is 37.7 Å². The Hall–Kier alpha value is -0.260. The first kappa shape index (κ1) is 13.8. The van der Waals surface area contributed by atoms with Gasteiger partial charge < -0.3 is 15.7 Å². The highest BCUT2D eigenvalue weighted by Gasteiger charge is 2.39. The third-order valence-electron chi connectivity index (χ3n) is 3.58. The minimum absolute atomic E-state index is 0.164. The molecule has 0 bridgehead atoms. The quantitative estimate of drug-likeness (QED) is 0.725. The predicted molar refractivity (Wildman–Crippen MR) is 59.5 cm³/mol. The van der Waals surface area contributed by atoms with Crippen LogP contribution in [0.15, 0.2) is 0 Å². The van der Waals surface area contributed by atoms with Crippen LogP contribution >= 0.6 is 0 Å². The molecule has 1 saturated carbocycles. The Morgan fingerprint density at radius 1 is 1.56 bits per heavy atom. The molecule has 2 unspecified atom stereocenters. The van der Waals surface area contributed by atoms with Crippen LogP contribution in [0, 0.1) is 5.92 Å². The average Bonchev–Trinajstić information content (AvgIpc) is 2.57.